The van der Waals surface area contributed by atoms with Gasteiger partial charge in [-0.05, 0) is 13.8 Å². The number of carbonyl (C=O) groups excluding carboxylic acids is 1. The Morgan fingerprint density at radius 3 is 2.71 bits per heavy atom. The van der Waals surface area contributed by atoms with Crippen molar-refractivity contribution in [1.29, 1.82) is 5.26 Å². The summed E-state index contributed by atoms with van der Waals surface area (Å²) in [4.78, 5) is 11.0. The van der Waals surface area contributed by atoms with Crippen molar-refractivity contribution in [3.8, 4) is 6.26 Å². The minimum atomic E-state index is -0.996. The summed E-state index contributed by atoms with van der Waals surface area (Å²) >= 11 is 0. The van der Waals surface area contributed by atoms with E-state index < -0.39 is 12.3 Å². The molecule has 0 aliphatic rings. The number of esters is 1. The molecular weight excluding hydrogens is 186 g/mol. The minimum Gasteiger partial charge on any atom is -0.418 e. The molecule has 0 saturated carbocycles. The predicted molar refractivity (Wildman–Crippen MR) is 47.9 cm³/mol. The summed E-state index contributed by atoms with van der Waals surface area (Å²) in [5.74, 6) is -0.607. The molecule has 0 aromatic rings. The fourth-order valence-corrected chi connectivity index (χ4v) is 0.585. The van der Waals surface area contributed by atoms with Crippen molar-refractivity contribution in [2.75, 3.05) is 13.2 Å². The molecule has 0 saturated heterocycles. The summed E-state index contributed by atoms with van der Waals surface area (Å²) in [6.07, 6.45) is 0.438. The molecule has 0 amide bonds. The third-order valence-corrected chi connectivity index (χ3v) is 1.23. The van der Waals surface area contributed by atoms with Gasteiger partial charge >= 0.3 is 5.97 Å². The van der Waals surface area contributed by atoms with Gasteiger partial charge in [-0.1, -0.05) is 6.58 Å². The van der Waals surface area contributed by atoms with E-state index in [1.54, 1.807) is 6.92 Å². The van der Waals surface area contributed by atoms with Crippen molar-refractivity contribution < 1.29 is 19.0 Å². The van der Waals surface area contributed by atoms with E-state index in [1.807, 2.05) is 0 Å². The first-order valence-electron chi connectivity index (χ1n) is 4.10. The van der Waals surface area contributed by atoms with Gasteiger partial charge in [0.15, 0.2) is 0 Å². The molecule has 14 heavy (non-hydrogen) atoms. The second-order valence-electron chi connectivity index (χ2n) is 2.48. The van der Waals surface area contributed by atoms with Gasteiger partial charge in [0.25, 0.3) is 12.5 Å². The second kappa shape index (κ2) is 6.92. The van der Waals surface area contributed by atoms with Gasteiger partial charge in [-0.15, -0.1) is 0 Å². The summed E-state index contributed by atoms with van der Waals surface area (Å²) in [5, 5.41) is 8.25. The van der Waals surface area contributed by atoms with E-state index in [0.717, 1.165) is 0 Å². The van der Waals surface area contributed by atoms with Crippen LogP contribution in [0.25, 0.3) is 0 Å². The SMILES string of the molecule is C=C(C)C(=O)OC(COCC)OC#N. The van der Waals surface area contributed by atoms with Gasteiger partial charge in [0.1, 0.15) is 6.61 Å². The van der Waals surface area contributed by atoms with Crippen LogP contribution in [0.4, 0.5) is 0 Å². The average molecular weight is 199 g/mol. The van der Waals surface area contributed by atoms with Crippen LogP contribution in [0.3, 0.4) is 0 Å². The normalized spacial score (nSPS) is 11.2. The lowest BCUT2D eigenvalue weighted by molar-refractivity contribution is -0.171. The molecule has 0 aliphatic carbocycles. The molecule has 1 unspecified atom stereocenters. The largest absolute Gasteiger partial charge is 0.418 e. The van der Waals surface area contributed by atoms with Crippen LogP contribution < -0.4 is 0 Å². The van der Waals surface area contributed by atoms with Crippen molar-refractivity contribution in [2.24, 2.45) is 0 Å². The van der Waals surface area contributed by atoms with Crippen molar-refractivity contribution in [1.82, 2.24) is 0 Å². The zero-order valence-corrected chi connectivity index (χ0v) is 8.28. The highest BCUT2D eigenvalue weighted by Gasteiger charge is 2.15. The van der Waals surface area contributed by atoms with Crippen LogP contribution in [0.2, 0.25) is 0 Å². The van der Waals surface area contributed by atoms with Gasteiger partial charge in [-0.25, -0.2) is 4.79 Å². The Bertz CT molecular complexity index is 244. The third kappa shape index (κ3) is 5.17. The quantitative estimate of drug-likeness (QED) is 0.276. The lowest BCUT2D eigenvalue weighted by Gasteiger charge is -2.14. The Morgan fingerprint density at radius 1 is 1.64 bits per heavy atom. The molecule has 0 rings (SSSR count). The van der Waals surface area contributed by atoms with Crippen LogP contribution in [-0.2, 0) is 19.0 Å². The standard InChI is InChI=1S/C9H13NO4/c1-4-12-5-8(13-6-10)14-9(11)7(2)3/h8H,2,4-5H2,1,3H3. The first-order chi connectivity index (χ1) is 6.61. The van der Waals surface area contributed by atoms with E-state index in [0.29, 0.717) is 6.61 Å². The van der Waals surface area contributed by atoms with Gasteiger partial charge in [-0.3, -0.25) is 0 Å². The lowest BCUT2D eigenvalue weighted by atomic mass is 10.4. The molecule has 5 heteroatoms. The molecule has 0 aromatic carbocycles. The van der Waals surface area contributed by atoms with Crippen molar-refractivity contribution in [2.45, 2.75) is 20.1 Å². The van der Waals surface area contributed by atoms with Gasteiger partial charge in [0, 0.05) is 12.2 Å². The Balaban J connectivity index is 4.02. The van der Waals surface area contributed by atoms with Crippen molar-refractivity contribution in [3.63, 3.8) is 0 Å². The maximum absolute atomic E-state index is 11.0. The van der Waals surface area contributed by atoms with E-state index in [4.69, 9.17) is 14.7 Å². The highest BCUT2D eigenvalue weighted by atomic mass is 16.7. The number of hydrogen-bond donors (Lipinski definition) is 0. The Labute approximate surface area is 82.9 Å². The predicted octanol–water partition coefficient (Wildman–Crippen LogP) is 0.966. The minimum absolute atomic E-state index is 0.0308. The average Bonchev–Trinajstić information content (AvgIpc) is 2.14. The Kier molecular flexibility index (Phi) is 6.16. The first kappa shape index (κ1) is 12.5. The topological polar surface area (TPSA) is 68.6 Å². The number of ether oxygens (including phenoxy) is 3. The van der Waals surface area contributed by atoms with E-state index in [2.05, 4.69) is 11.3 Å². The van der Waals surface area contributed by atoms with Crippen LogP contribution in [0.5, 0.6) is 0 Å². The molecule has 0 radical (unpaired) electrons. The number of nitrogens with zero attached hydrogens (tertiary/aromatic N) is 1. The Morgan fingerprint density at radius 2 is 2.29 bits per heavy atom. The molecule has 0 heterocycles. The van der Waals surface area contributed by atoms with Crippen LogP contribution in [0.1, 0.15) is 13.8 Å². The zero-order chi connectivity index (χ0) is 11.0. The molecule has 5 nitrogen and oxygen atoms in total. The number of hydrogen-bond acceptors (Lipinski definition) is 5. The summed E-state index contributed by atoms with van der Waals surface area (Å²) in [6, 6.07) is 0. The zero-order valence-electron chi connectivity index (χ0n) is 8.28. The number of carbonyl (C=O) groups is 1. The first-order valence-corrected chi connectivity index (χ1v) is 4.10. The fraction of sp³-hybridized carbons (Fsp3) is 0.556. The molecule has 0 aliphatic heterocycles. The third-order valence-electron chi connectivity index (χ3n) is 1.23. The lowest BCUT2D eigenvalue weighted by Crippen LogP contribution is -2.25. The van der Waals surface area contributed by atoms with Crippen molar-refractivity contribution in [3.05, 3.63) is 12.2 Å². The molecule has 0 aromatic heterocycles. The van der Waals surface area contributed by atoms with Crippen LogP contribution >= 0.6 is 0 Å². The smallest absolute Gasteiger partial charge is 0.336 e. The van der Waals surface area contributed by atoms with E-state index in [9.17, 15) is 4.79 Å². The fourth-order valence-electron chi connectivity index (χ4n) is 0.585. The Hall–Kier alpha value is -1.54. The molecule has 0 bridgehead atoms. The van der Waals surface area contributed by atoms with Gasteiger partial charge in [0.05, 0.1) is 0 Å². The van der Waals surface area contributed by atoms with Crippen LogP contribution in [0.15, 0.2) is 12.2 Å². The summed E-state index contributed by atoms with van der Waals surface area (Å²) in [7, 11) is 0. The second-order valence-corrected chi connectivity index (χ2v) is 2.48. The monoisotopic (exact) mass is 199 g/mol. The number of rotatable bonds is 6. The highest BCUT2D eigenvalue weighted by Crippen LogP contribution is 2.00. The van der Waals surface area contributed by atoms with E-state index in [1.165, 1.54) is 13.2 Å². The maximum atomic E-state index is 11.0. The molecule has 0 N–H and O–H groups in total. The summed E-state index contributed by atoms with van der Waals surface area (Å²) in [5.41, 5.74) is 0.244. The maximum Gasteiger partial charge on any atom is 0.336 e. The molecule has 78 valence electrons. The summed E-state index contributed by atoms with van der Waals surface area (Å²) < 4.78 is 14.2. The molecule has 0 spiro atoms. The van der Waals surface area contributed by atoms with E-state index >= 15 is 0 Å². The van der Waals surface area contributed by atoms with Crippen molar-refractivity contribution >= 4 is 5.97 Å². The molecule has 1 atom stereocenters. The highest BCUT2D eigenvalue weighted by molar-refractivity contribution is 5.87. The molecule has 0 fully saturated rings. The van der Waals surface area contributed by atoms with E-state index in [-0.39, 0.29) is 12.2 Å². The van der Waals surface area contributed by atoms with Gasteiger partial charge in [0.2, 0.25) is 0 Å². The summed E-state index contributed by atoms with van der Waals surface area (Å²) in [6.45, 7) is 7.17. The van der Waals surface area contributed by atoms with Gasteiger partial charge in [-0.2, -0.15) is 5.26 Å². The molecular formula is C9H13NO4. The van der Waals surface area contributed by atoms with Gasteiger partial charge < -0.3 is 14.2 Å². The van der Waals surface area contributed by atoms with Crippen LogP contribution in [0, 0.1) is 11.5 Å². The number of nitriles is 1. The van der Waals surface area contributed by atoms with Crippen LogP contribution in [-0.4, -0.2) is 25.5 Å².